The van der Waals surface area contributed by atoms with E-state index in [0.717, 1.165) is 70.1 Å². The summed E-state index contributed by atoms with van der Waals surface area (Å²) >= 11 is 0. The van der Waals surface area contributed by atoms with E-state index in [4.69, 9.17) is 28.3 Å². The van der Waals surface area contributed by atoms with Crippen molar-refractivity contribution in [3.63, 3.8) is 0 Å². The molecular formula is C22H40N8. The number of hydrogen-bond acceptors (Lipinski definition) is 3. The first-order valence-corrected chi connectivity index (χ1v) is 11.0. The summed E-state index contributed by atoms with van der Waals surface area (Å²) in [5, 5.41) is 10.6. The third-order valence-electron chi connectivity index (χ3n) is 4.86. The van der Waals surface area contributed by atoms with Crippen molar-refractivity contribution in [2.75, 3.05) is 19.6 Å². The van der Waals surface area contributed by atoms with Crippen LogP contribution in [0.3, 0.4) is 0 Å². The van der Waals surface area contributed by atoms with E-state index >= 15 is 0 Å². The Hall–Kier alpha value is -2.77. The predicted molar refractivity (Wildman–Crippen MR) is 128 cm³/mol. The van der Waals surface area contributed by atoms with Crippen LogP contribution in [0, 0.1) is 5.41 Å². The molecule has 8 nitrogen and oxygen atoms in total. The molecule has 8 heteroatoms. The molecule has 0 radical (unpaired) electrons. The van der Waals surface area contributed by atoms with Crippen LogP contribution in [0.15, 0.2) is 34.3 Å². The summed E-state index contributed by atoms with van der Waals surface area (Å²) in [6.45, 7) is 2.36. The average molecular weight is 417 g/mol. The molecule has 0 heterocycles. The lowest BCUT2D eigenvalue weighted by Gasteiger charge is -2.06. The van der Waals surface area contributed by atoms with Gasteiger partial charge < -0.3 is 28.3 Å². The Labute approximate surface area is 181 Å². The molecule has 0 amide bonds. The molecule has 30 heavy (non-hydrogen) atoms. The summed E-state index contributed by atoms with van der Waals surface area (Å²) in [5.74, 6) is 0.839. The van der Waals surface area contributed by atoms with Crippen molar-refractivity contribution in [2.24, 2.45) is 32.9 Å². The molecule has 0 spiro atoms. The summed E-state index contributed by atoms with van der Waals surface area (Å²) in [4.78, 5) is 8.37. The first-order chi connectivity index (χ1) is 14.5. The Kier molecular flexibility index (Phi) is 13.5. The summed E-state index contributed by atoms with van der Waals surface area (Å²) in [6.07, 6.45) is 11.2. The zero-order valence-corrected chi connectivity index (χ0v) is 18.2. The second-order valence-corrected chi connectivity index (χ2v) is 7.54. The van der Waals surface area contributed by atoms with Gasteiger partial charge in [-0.25, -0.2) is 0 Å². The molecule has 0 bridgehead atoms. The molecule has 0 aliphatic rings. The Morgan fingerprint density at radius 2 is 1.30 bits per heavy atom. The number of aryl methyl sites for hydroxylation is 1. The van der Waals surface area contributed by atoms with Gasteiger partial charge in [0.05, 0.1) is 0 Å². The number of nitrogens with two attached hydrogens (primary N) is 4. The van der Waals surface area contributed by atoms with Gasteiger partial charge in [-0.3, -0.25) is 15.4 Å². The zero-order valence-electron chi connectivity index (χ0n) is 18.2. The van der Waals surface area contributed by atoms with E-state index in [-0.39, 0.29) is 11.8 Å². The van der Waals surface area contributed by atoms with Crippen molar-refractivity contribution in [1.29, 1.82) is 5.41 Å². The Balaban J connectivity index is 1.95. The van der Waals surface area contributed by atoms with Gasteiger partial charge >= 0.3 is 0 Å². The Morgan fingerprint density at radius 1 is 0.733 bits per heavy atom. The molecule has 168 valence electrons. The number of unbranched alkanes of at least 4 members (excludes halogenated alkanes) is 7. The van der Waals surface area contributed by atoms with Crippen LogP contribution in [-0.2, 0) is 6.42 Å². The van der Waals surface area contributed by atoms with Crippen LogP contribution >= 0.6 is 0 Å². The molecular weight excluding hydrogens is 376 g/mol. The fraction of sp³-hybridized carbons (Fsp3) is 0.591. The molecule has 0 atom stereocenters. The largest absolute Gasteiger partial charge is 0.384 e. The lowest BCUT2D eigenvalue weighted by atomic mass is 10.0. The van der Waals surface area contributed by atoms with Crippen molar-refractivity contribution >= 4 is 17.8 Å². The monoisotopic (exact) mass is 416 g/mol. The predicted octanol–water partition coefficient (Wildman–Crippen LogP) is 2.20. The number of rotatable bonds is 16. The van der Waals surface area contributed by atoms with Crippen LogP contribution in [0.1, 0.15) is 68.9 Å². The van der Waals surface area contributed by atoms with Crippen molar-refractivity contribution < 1.29 is 0 Å². The minimum Gasteiger partial charge on any atom is -0.384 e. The van der Waals surface area contributed by atoms with Crippen molar-refractivity contribution in [1.82, 2.24) is 5.32 Å². The number of benzene rings is 1. The van der Waals surface area contributed by atoms with E-state index in [2.05, 4.69) is 15.3 Å². The number of nitrogen functional groups attached to an aromatic ring is 1. The highest BCUT2D eigenvalue weighted by atomic mass is 15.1. The van der Waals surface area contributed by atoms with Gasteiger partial charge in [0, 0.05) is 25.2 Å². The first kappa shape index (κ1) is 25.3. The highest BCUT2D eigenvalue weighted by molar-refractivity contribution is 5.94. The molecule has 10 N–H and O–H groups in total. The number of aliphatic imine (C=N–C) groups is 2. The highest BCUT2D eigenvalue weighted by Gasteiger charge is 1.98. The van der Waals surface area contributed by atoms with Gasteiger partial charge in [-0.2, -0.15) is 0 Å². The van der Waals surface area contributed by atoms with Gasteiger partial charge in [0.1, 0.15) is 5.84 Å². The average Bonchev–Trinajstić information content (AvgIpc) is 2.72. The van der Waals surface area contributed by atoms with Gasteiger partial charge in [-0.05, 0) is 37.7 Å². The van der Waals surface area contributed by atoms with Crippen LogP contribution in [0.2, 0.25) is 0 Å². The smallest absolute Gasteiger partial charge is 0.188 e. The van der Waals surface area contributed by atoms with E-state index in [1.54, 1.807) is 0 Å². The van der Waals surface area contributed by atoms with Crippen LogP contribution in [0.25, 0.3) is 0 Å². The molecule has 0 aliphatic heterocycles. The summed E-state index contributed by atoms with van der Waals surface area (Å²) in [5.41, 5.74) is 24.0. The fourth-order valence-electron chi connectivity index (χ4n) is 3.09. The molecule has 0 aromatic heterocycles. The number of nitrogens with one attached hydrogen (secondary N) is 2. The third kappa shape index (κ3) is 13.4. The standard InChI is InChI=1S/C22H40N8/c23-20(24)19-13-11-18(12-14-19)10-6-5-9-17-30-22(27)29-16-8-4-2-1-3-7-15-28-21(25)26/h11-14H,1-10,15-17H2,(H3,23,24)(H4,25,26,28)(H3,27,29,30). The van der Waals surface area contributed by atoms with Crippen molar-refractivity contribution in [3.05, 3.63) is 35.4 Å². The van der Waals surface area contributed by atoms with Crippen LogP contribution in [0.5, 0.6) is 0 Å². The topological polar surface area (TPSA) is 165 Å². The summed E-state index contributed by atoms with van der Waals surface area (Å²) < 4.78 is 0. The first-order valence-electron chi connectivity index (χ1n) is 11.0. The quantitative estimate of drug-likeness (QED) is 0.138. The van der Waals surface area contributed by atoms with E-state index in [9.17, 15) is 0 Å². The van der Waals surface area contributed by atoms with E-state index < -0.39 is 0 Å². The minimum absolute atomic E-state index is 0.113. The second kappa shape index (κ2) is 16.1. The molecule has 0 fully saturated rings. The van der Waals surface area contributed by atoms with Gasteiger partial charge in [0.2, 0.25) is 0 Å². The summed E-state index contributed by atoms with van der Waals surface area (Å²) in [6, 6.07) is 7.90. The lowest BCUT2D eigenvalue weighted by molar-refractivity contribution is 0.592. The molecule has 1 aromatic rings. The van der Waals surface area contributed by atoms with E-state index in [0.29, 0.717) is 5.96 Å². The van der Waals surface area contributed by atoms with Gasteiger partial charge in [-0.15, -0.1) is 0 Å². The van der Waals surface area contributed by atoms with Gasteiger partial charge in [0.25, 0.3) is 0 Å². The third-order valence-corrected chi connectivity index (χ3v) is 4.86. The minimum atomic E-state index is 0.113. The normalized spacial score (nSPS) is 11.3. The van der Waals surface area contributed by atoms with Gasteiger partial charge in [-0.1, -0.05) is 56.4 Å². The SMILES string of the molecule is N=C(N)c1ccc(CCCCCN=C(N)NCCCCCCCCN=C(N)N)cc1. The molecule has 0 saturated carbocycles. The number of hydrogen-bond donors (Lipinski definition) is 6. The highest BCUT2D eigenvalue weighted by Crippen LogP contribution is 2.09. The van der Waals surface area contributed by atoms with Crippen molar-refractivity contribution in [3.8, 4) is 0 Å². The van der Waals surface area contributed by atoms with Crippen LogP contribution in [-0.4, -0.2) is 37.4 Å². The van der Waals surface area contributed by atoms with E-state index in [1.165, 1.54) is 24.8 Å². The molecule has 0 saturated heterocycles. The summed E-state index contributed by atoms with van der Waals surface area (Å²) in [7, 11) is 0. The molecule has 0 aliphatic carbocycles. The van der Waals surface area contributed by atoms with Gasteiger partial charge in [0.15, 0.2) is 11.9 Å². The fourth-order valence-corrected chi connectivity index (χ4v) is 3.09. The number of guanidine groups is 2. The Bertz CT molecular complexity index is 648. The Morgan fingerprint density at radius 3 is 1.93 bits per heavy atom. The molecule has 1 aromatic carbocycles. The van der Waals surface area contributed by atoms with Crippen LogP contribution < -0.4 is 28.3 Å². The molecule has 0 unspecified atom stereocenters. The lowest BCUT2D eigenvalue weighted by Crippen LogP contribution is -2.32. The zero-order chi connectivity index (χ0) is 22.0. The maximum atomic E-state index is 7.41. The van der Waals surface area contributed by atoms with Crippen molar-refractivity contribution in [2.45, 2.75) is 64.2 Å². The maximum Gasteiger partial charge on any atom is 0.188 e. The van der Waals surface area contributed by atoms with E-state index in [1.807, 2.05) is 24.3 Å². The number of amidine groups is 1. The second-order valence-electron chi connectivity index (χ2n) is 7.54. The number of nitrogens with zero attached hydrogens (tertiary/aromatic N) is 2. The maximum absolute atomic E-state index is 7.41. The molecule has 1 rings (SSSR count). The van der Waals surface area contributed by atoms with Crippen LogP contribution in [0.4, 0.5) is 0 Å².